The van der Waals surface area contributed by atoms with Crippen molar-refractivity contribution < 1.29 is 9.21 Å². The summed E-state index contributed by atoms with van der Waals surface area (Å²) in [6.07, 6.45) is 2.14. The van der Waals surface area contributed by atoms with Crippen molar-refractivity contribution in [3.8, 4) is 11.5 Å². The van der Waals surface area contributed by atoms with Gasteiger partial charge < -0.3 is 9.73 Å². The number of amides is 1. The fourth-order valence-corrected chi connectivity index (χ4v) is 2.63. The maximum absolute atomic E-state index is 11.9. The number of thioether (sulfide) groups is 1. The van der Waals surface area contributed by atoms with E-state index in [4.69, 9.17) is 16.0 Å². The van der Waals surface area contributed by atoms with E-state index in [1.54, 1.807) is 12.1 Å². The Morgan fingerprint density at radius 1 is 1.48 bits per heavy atom. The van der Waals surface area contributed by atoms with Crippen molar-refractivity contribution in [1.29, 1.82) is 0 Å². The molecule has 1 atom stereocenters. The number of hydrogen-bond acceptors (Lipinski definition) is 5. The normalized spacial score (nSPS) is 15.7. The number of benzene rings is 1. The molecule has 2 aromatic rings. The van der Waals surface area contributed by atoms with Crippen LogP contribution in [0.5, 0.6) is 0 Å². The number of carbonyl (C=O) groups excluding carboxylic acids is 1. The van der Waals surface area contributed by atoms with Crippen LogP contribution in [0.15, 0.2) is 33.9 Å². The molecular weight excluding hydrogens is 310 g/mol. The van der Waals surface area contributed by atoms with Crippen molar-refractivity contribution in [2.75, 3.05) is 0 Å². The van der Waals surface area contributed by atoms with Crippen molar-refractivity contribution in [3.63, 3.8) is 0 Å². The lowest BCUT2D eigenvalue weighted by Gasteiger charge is -2.08. The van der Waals surface area contributed by atoms with Gasteiger partial charge in [-0.25, -0.2) is 0 Å². The smallest absolute Gasteiger partial charge is 0.277 e. The minimum atomic E-state index is -0.265. The van der Waals surface area contributed by atoms with E-state index >= 15 is 0 Å². The molecule has 1 N–H and O–H groups in total. The molecule has 5 nitrogen and oxygen atoms in total. The average Bonchev–Trinajstić information content (AvgIpc) is 3.14. The van der Waals surface area contributed by atoms with Gasteiger partial charge in [-0.2, -0.15) is 0 Å². The Morgan fingerprint density at radius 3 is 3.00 bits per heavy atom. The average molecular weight is 324 g/mol. The Morgan fingerprint density at radius 2 is 2.29 bits per heavy atom. The predicted octanol–water partition coefficient (Wildman–Crippen LogP) is 3.15. The highest BCUT2D eigenvalue weighted by Crippen LogP contribution is 2.28. The summed E-state index contributed by atoms with van der Waals surface area (Å²) in [6, 6.07) is 7.55. The Kier molecular flexibility index (Phi) is 4.17. The van der Waals surface area contributed by atoms with Crippen LogP contribution in [-0.4, -0.2) is 27.4 Å². The Hall–Kier alpha value is -1.53. The van der Waals surface area contributed by atoms with Gasteiger partial charge in [0.05, 0.1) is 5.25 Å². The standard InChI is InChI=1S/C14H14ClN3O2S/c1-8(12(19)16-11-5-6-11)21-14-18-17-13(20-14)9-3-2-4-10(15)7-9/h2-4,7-8,11H,5-6H2,1H3,(H,16,19)/t8-/m1/s1. The number of hydrogen-bond donors (Lipinski definition) is 1. The molecule has 21 heavy (non-hydrogen) atoms. The second kappa shape index (κ2) is 6.07. The minimum absolute atomic E-state index is 0.00463. The summed E-state index contributed by atoms with van der Waals surface area (Å²) >= 11 is 7.19. The Balaban J connectivity index is 1.65. The van der Waals surface area contributed by atoms with Gasteiger partial charge in [-0.15, -0.1) is 10.2 Å². The first-order valence-electron chi connectivity index (χ1n) is 6.68. The molecule has 1 fully saturated rings. The summed E-state index contributed by atoms with van der Waals surface area (Å²) in [4.78, 5) is 11.9. The molecule has 0 bridgehead atoms. The van der Waals surface area contributed by atoms with Gasteiger partial charge >= 0.3 is 0 Å². The molecule has 7 heteroatoms. The van der Waals surface area contributed by atoms with E-state index in [1.807, 2.05) is 19.1 Å². The molecule has 0 radical (unpaired) electrons. The summed E-state index contributed by atoms with van der Waals surface area (Å²) in [5.41, 5.74) is 0.761. The fraction of sp³-hybridized carbons (Fsp3) is 0.357. The van der Waals surface area contributed by atoms with E-state index in [-0.39, 0.29) is 11.2 Å². The summed E-state index contributed by atoms with van der Waals surface area (Å²) in [5, 5.41) is 11.6. The van der Waals surface area contributed by atoms with Crippen LogP contribution in [0.1, 0.15) is 19.8 Å². The van der Waals surface area contributed by atoms with E-state index in [9.17, 15) is 4.79 Å². The SMILES string of the molecule is C[C@@H](Sc1nnc(-c2cccc(Cl)c2)o1)C(=O)NC1CC1. The topological polar surface area (TPSA) is 68.0 Å². The van der Waals surface area contributed by atoms with Gasteiger partial charge in [0, 0.05) is 16.6 Å². The Labute approximate surface area is 131 Å². The van der Waals surface area contributed by atoms with E-state index < -0.39 is 0 Å². The van der Waals surface area contributed by atoms with Crippen molar-refractivity contribution in [2.45, 2.75) is 36.3 Å². The number of nitrogens with zero attached hydrogens (tertiary/aromatic N) is 2. The highest BCUT2D eigenvalue weighted by molar-refractivity contribution is 8.00. The molecule has 0 spiro atoms. The summed E-state index contributed by atoms with van der Waals surface area (Å²) in [6.45, 7) is 1.83. The van der Waals surface area contributed by atoms with Gasteiger partial charge in [0.15, 0.2) is 0 Å². The zero-order chi connectivity index (χ0) is 14.8. The first-order chi connectivity index (χ1) is 10.1. The van der Waals surface area contributed by atoms with Gasteiger partial charge in [0.2, 0.25) is 11.8 Å². The van der Waals surface area contributed by atoms with Crippen molar-refractivity contribution in [3.05, 3.63) is 29.3 Å². The van der Waals surface area contributed by atoms with Crippen LogP contribution in [0.2, 0.25) is 5.02 Å². The van der Waals surface area contributed by atoms with Gasteiger partial charge in [-0.05, 0) is 38.0 Å². The van der Waals surface area contributed by atoms with Crippen LogP contribution < -0.4 is 5.32 Å². The predicted molar refractivity (Wildman–Crippen MR) is 81.2 cm³/mol. The monoisotopic (exact) mass is 323 g/mol. The minimum Gasteiger partial charge on any atom is -0.411 e. The molecule has 1 aliphatic carbocycles. The number of halogens is 1. The Bertz CT molecular complexity index is 657. The number of aromatic nitrogens is 2. The first-order valence-corrected chi connectivity index (χ1v) is 7.94. The van der Waals surface area contributed by atoms with Crippen molar-refractivity contribution in [1.82, 2.24) is 15.5 Å². The van der Waals surface area contributed by atoms with E-state index in [0.29, 0.717) is 22.2 Å². The number of nitrogens with one attached hydrogen (secondary N) is 1. The third kappa shape index (κ3) is 3.77. The molecule has 3 rings (SSSR count). The molecule has 0 unspecified atom stereocenters. The molecule has 1 aromatic carbocycles. The van der Waals surface area contributed by atoms with Gasteiger partial charge in [0.25, 0.3) is 5.22 Å². The van der Waals surface area contributed by atoms with E-state index in [1.165, 1.54) is 11.8 Å². The van der Waals surface area contributed by atoms with Gasteiger partial charge in [0.1, 0.15) is 0 Å². The molecule has 0 saturated heterocycles. The second-order valence-corrected chi connectivity index (χ2v) is 6.65. The van der Waals surface area contributed by atoms with Crippen LogP contribution in [-0.2, 0) is 4.79 Å². The lowest BCUT2D eigenvalue weighted by Crippen LogP contribution is -2.32. The van der Waals surface area contributed by atoms with Crippen LogP contribution >= 0.6 is 23.4 Å². The van der Waals surface area contributed by atoms with Crippen molar-refractivity contribution in [2.24, 2.45) is 0 Å². The number of carbonyl (C=O) groups is 1. The zero-order valence-electron chi connectivity index (χ0n) is 11.4. The quantitative estimate of drug-likeness (QED) is 0.856. The number of rotatable bonds is 5. The summed E-state index contributed by atoms with van der Waals surface area (Å²) < 4.78 is 5.57. The summed E-state index contributed by atoms with van der Waals surface area (Å²) in [7, 11) is 0. The maximum atomic E-state index is 11.9. The van der Waals surface area contributed by atoms with E-state index in [0.717, 1.165) is 18.4 Å². The van der Waals surface area contributed by atoms with Crippen molar-refractivity contribution >= 4 is 29.3 Å². The molecule has 1 aliphatic rings. The van der Waals surface area contributed by atoms with Crippen LogP contribution in [0, 0.1) is 0 Å². The zero-order valence-corrected chi connectivity index (χ0v) is 12.9. The molecule has 1 aromatic heterocycles. The third-order valence-electron chi connectivity index (χ3n) is 3.05. The highest BCUT2D eigenvalue weighted by Gasteiger charge is 2.27. The van der Waals surface area contributed by atoms with Gasteiger partial charge in [-0.1, -0.05) is 29.4 Å². The highest BCUT2D eigenvalue weighted by atomic mass is 35.5. The third-order valence-corrected chi connectivity index (χ3v) is 4.22. The molecular formula is C14H14ClN3O2S. The van der Waals surface area contributed by atoms with Crippen LogP contribution in [0.3, 0.4) is 0 Å². The molecule has 110 valence electrons. The fourth-order valence-electron chi connectivity index (χ4n) is 1.75. The molecule has 1 amide bonds. The molecule has 0 aliphatic heterocycles. The summed E-state index contributed by atoms with van der Waals surface area (Å²) in [5.74, 6) is 0.403. The van der Waals surface area contributed by atoms with E-state index in [2.05, 4.69) is 15.5 Å². The lowest BCUT2D eigenvalue weighted by molar-refractivity contribution is -0.120. The molecule has 1 saturated carbocycles. The van der Waals surface area contributed by atoms with Crippen LogP contribution in [0.25, 0.3) is 11.5 Å². The largest absolute Gasteiger partial charge is 0.411 e. The lowest BCUT2D eigenvalue weighted by atomic mass is 10.2. The van der Waals surface area contributed by atoms with Gasteiger partial charge in [-0.3, -0.25) is 4.79 Å². The molecule has 1 heterocycles. The first kappa shape index (κ1) is 14.4. The maximum Gasteiger partial charge on any atom is 0.277 e. The second-order valence-electron chi connectivity index (χ2n) is 4.93. The van der Waals surface area contributed by atoms with Crippen LogP contribution in [0.4, 0.5) is 0 Å².